The molecule has 2 aliphatic rings. The Morgan fingerprint density at radius 3 is 2.86 bits per heavy atom. The van der Waals surface area contributed by atoms with Crippen LogP contribution in [0.1, 0.15) is 57.0 Å². The van der Waals surface area contributed by atoms with Gasteiger partial charge < -0.3 is 14.6 Å². The SMILES string of the molecule is COC(=O)c1ccc2c(c1)CC[C@H]1C2CCCN1C(=O)c1ccc2nc[nH]c2c1. The molecule has 0 radical (unpaired) electrons. The standard InChI is InChI=1S/C23H23N3O3/c1-29-23(28)16-4-7-17-14(11-16)6-9-21-18(17)3-2-10-26(21)22(27)15-5-8-19-20(12-15)25-13-24-19/h4-5,7-8,11-13,18,21H,2-3,6,9-10H2,1H3,(H,24,25)/t18?,21-/m0/s1. The van der Waals surface area contributed by atoms with Crippen LogP contribution in [0, 0.1) is 0 Å². The van der Waals surface area contributed by atoms with Gasteiger partial charge >= 0.3 is 5.97 Å². The molecule has 1 unspecified atom stereocenters. The summed E-state index contributed by atoms with van der Waals surface area (Å²) >= 11 is 0. The Kier molecular flexibility index (Phi) is 4.34. The van der Waals surface area contributed by atoms with Crippen molar-refractivity contribution < 1.29 is 14.3 Å². The summed E-state index contributed by atoms with van der Waals surface area (Å²) in [6.45, 7) is 0.788. The first-order chi connectivity index (χ1) is 14.2. The molecule has 1 N–H and O–H groups in total. The number of carbonyl (C=O) groups is 2. The van der Waals surface area contributed by atoms with Crippen LogP contribution in [0.25, 0.3) is 11.0 Å². The number of likely N-dealkylation sites (tertiary alicyclic amines) is 1. The van der Waals surface area contributed by atoms with Gasteiger partial charge in [-0.15, -0.1) is 0 Å². The fourth-order valence-corrected chi connectivity index (χ4v) is 5.00. The van der Waals surface area contributed by atoms with Crippen molar-refractivity contribution in [1.29, 1.82) is 0 Å². The third-order valence-electron chi connectivity index (χ3n) is 6.38. The first-order valence-corrected chi connectivity index (χ1v) is 10.1. The molecule has 0 bridgehead atoms. The molecule has 5 rings (SSSR count). The number of hydrogen-bond acceptors (Lipinski definition) is 4. The van der Waals surface area contributed by atoms with E-state index < -0.39 is 0 Å². The molecule has 6 heteroatoms. The number of aromatic amines is 1. The van der Waals surface area contributed by atoms with Crippen molar-refractivity contribution in [3.05, 3.63) is 65.0 Å². The van der Waals surface area contributed by atoms with Gasteiger partial charge in [0.1, 0.15) is 0 Å². The third kappa shape index (κ3) is 2.99. The Bertz CT molecular complexity index is 1100. The number of esters is 1. The van der Waals surface area contributed by atoms with Gasteiger partial charge in [-0.3, -0.25) is 4.79 Å². The minimum atomic E-state index is -0.301. The zero-order chi connectivity index (χ0) is 20.0. The van der Waals surface area contributed by atoms with Gasteiger partial charge in [0.25, 0.3) is 5.91 Å². The highest BCUT2D eigenvalue weighted by Crippen LogP contribution is 2.41. The molecule has 1 aromatic heterocycles. The van der Waals surface area contributed by atoms with Crippen molar-refractivity contribution in [2.45, 2.75) is 37.6 Å². The average molecular weight is 389 g/mol. The van der Waals surface area contributed by atoms with E-state index >= 15 is 0 Å². The number of nitrogens with zero attached hydrogens (tertiary/aromatic N) is 2. The van der Waals surface area contributed by atoms with Gasteiger partial charge in [-0.1, -0.05) is 6.07 Å². The summed E-state index contributed by atoms with van der Waals surface area (Å²) in [6, 6.07) is 11.7. The summed E-state index contributed by atoms with van der Waals surface area (Å²) in [5.41, 5.74) is 5.54. The summed E-state index contributed by atoms with van der Waals surface area (Å²) in [5, 5.41) is 0. The van der Waals surface area contributed by atoms with E-state index in [4.69, 9.17) is 4.74 Å². The second kappa shape index (κ2) is 7.03. The van der Waals surface area contributed by atoms with E-state index in [-0.39, 0.29) is 17.9 Å². The van der Waals surface area contributed by atoms with Crippen LogP contribution in [0.4, 0.5) is 0 Å². The third-order valence-corrected chi connectivity index (χ3v) is 6.38. The lowest BCUT2D eigenvalue weighted by molar-refractivity contribution is 0.0547. The molecule has 6 nitrogen and oxygen atoms in total. The number of hydrogen-bond donors (Lipinski definition) is 1. The Morgan fingerprint density at radius 1 is 1.14 bits per heavy atom. The number of aromatic nitrogens is 2. The molecule has 2 heterocycles. The first kappa shape index (κ1) is 17.9. The predicted octanol–water partition coefficient (Wildman–Crippen LogP) is 3.68. The molecule has 0 spiro atoms. The van der Waals surface area contributed by atoms with Crippen LogP contribution in [0.2, 0.25) is 0 Å². The maximum Gasteiger partial charge on any atom is 0.337 e. The number of amides is 1. The van der Waals surface area contributed by atoms with E-state index in [1.165, 1.54) is 18.2 Å². The van der Waals surface area contributed by atoms with Crippen molar-refractivity contribution in [3.63, 3.8) is 0 Å². The smallest absolute Gasteiger partial charge is 0.337 e. The Balaban J connectivity index is 1.44. The topological polar surface area (TPSA) is 75.3 Å². The highest BCUT2D eigenvalue weighted by molar-refractivity contribution is 5.97. The number of aryl methyl sites for hydroxylation is 1. The lowest BCUT2D eigenvalue weighted by atomic mass is 9.74. The van der Waals surface area contributed by atoms with Gasteiger partial charge in [-0.25, -0.2) is 9.78 Å². The maximum atomic E-state index is 13.3. The number of fused-ring (bicyclic) bond motifs is 4. The van der Waals surface area contributed by atoms with E-state index in [9.17, 15) is 9.59 Å². The van der Waals surface area contributed by atoms with E-state index in [0.29, 0.717) is 17.0 Å². The van der Waals surface area contributed by atoms with Crippen LogP contribution >= 0.6 is 0 Å². The molecular formula is C23H23N3O3. The fourth-order valence-electron chi connectivity index (χ4n) is 5.00. The normalized spacial score (nSPS) is 20.8. The molecule has 0 saturated carbocycles. The zero-order valence-corrected chi connectivity index (χ0v) is 16.4. The molecule has 148 valence electrons. The number of imidazole rings is 1. The second-order valence-electron chi connectivity index (χ2n) is 7.89. The molecule has 29 heavy (non-hydrogen) atoms. The number of piperidine rings is 1. The second-order valence-corrected chi connectivity index (χ2v) is 7.89. The molecule has 1 saturated heterocycles. The monoisotopic (exact) mass is 389 g/mol. The van der Waals surface area contributed by atoms with Gasteiger partial charge in [0, 0.05) is 24.1 Å². The van der Waals surface area contributed by atoms with Crippen LogP contribution < -0.4 is 0 Å². The average Bonchev–Trinajstić information content (AvgIpc) is 3.25. The van der Waals surface area contributed by atoms with Gasteiger partial charge in [0.15, 0.2) is 0 Å². The van der Waals surface area contributed by atoms with Crippen LogP contribution in [-0.2, 0) is 11.2 Å². The lowest BCUT2D eigenvalue weighted by Crippen LogP contribution is -2.49. The zero-order valence-electron chi connectivity index (χ0n) is 16.4. The lowest BCUT2D eigenvalue weighted by Gasteiger charge is -2.45. The van der Waals surface area contributed by atoms with Crippen molar-refractivity contribution in [3.8, 4) is 0 Å². The van der Waals surface area contributed by atoms with E-state index in [1.807, 2.05) is 30.3 Å². The van der Waals surface area contributed by atoms with Crippen LogP contribution in [0.3, 0.4) is 0 Å². The molecule has 2 atom stereocenters. The summed E-state index contributed by atoms with van der Waals surface area (Å²) in [7, 11) is 1.41. The number of rotatable bonds is 2. The number of ether oxygens (including phenoxy) is 1. The number of carbonyl (C=O) groups excluding carboxylic acids is 2. The molecule has 2 aromatic carbocycles. The number of nitrogens with one attached hydrogen (secondary N) is 1. The minimum Gasteiger partial charge on any atom is -0.465 e. The Labute approximate surface area is 168 Å². The van der Waals surface area contributed by atoms with Crippen LogP contribution in [0.15, 0.2) is 42.7 Å². The van der Waals surface area contributed by atoms with Gasteiger partial charge in [0.2, 0.25) is 0 Å². The largest absolute Gasteiger partial charge is 0.465 e. The van der Waals surface area contributed by atoms with E-state index in [2.05, 4.69) is 20.9 Å². The van der Waals surface area contributed by atoms with Gasteiger partial charge in [-0.2, -0.15) is 0 Å². The van der Waals surface area contributed by atoms with Crippen molar-refractivity contribution in [1.82, 2.24) is 14.9 Å². The maximum absolute atomic E-state index is 13.3. The molecule has 3 aromatic rings. The fraction of sp³-hybridized carbons (Fsp3) is 0.348. The van der Waals surface area contributed by atoms with Crippen LogP contribution in [-0.4, -0.2) is 46.4 Å². The highest BCUT2D eigenvalue weighted by Gasteiger charge is 2.38. The highest BCUT2D eigenvalue weighted by atomic mass is 16.5. The molecular weight excluding hydrogens is 366 g/mol. The molecule has 1 amide bonds. The summed E-state index contributed by atoms with van der Waals surface area (Å²) in [6.07, 6.45) is 5.48. The van der Waals surface area contributed by atoms with Crippen molar-refractivity contribution in [2.24, 2.45) is 0 Å². The van der Waals surface area contributed by atoms with Gasteiger partial charge in [-0.05, 0) is 67.1 Å². The van der Waals surface area contributed by atoms with Gasteiger partial charge in [0.05, 0.1) is 30.0 Å². The Morgan fingerprint density at radius 2 is 2.00 bits per heavy atom. The Hall–Kier alpha value is -3.15. The number of methoxy groups -OCH3 is 1. The summed E-state index contributed by atoms with van der Waals surface area (Å²) < 4.78 is 4.86. The van der Waals surface area contributed by atoms with E-state index in [0.717, 1.165) is 43.3 Å². The number of benzene rings is 2. The number of H-pyrrole nitrogens is 1. The summed E-state index contributed by atoms with van der Waals surface area (Å²) in [4.78, 5) is 34.6. The predicted molar refractivity (Wildman–Crippen MR) is 109 cm³/mol. The van der Waals surface area contributed by atoms with Crippen molar-refractivity contribution >= 4 is 22.9 Å². The van der Waals surface area contributed by atoms with Crippen LogP contribution in [0.5, 0.6) is 0 Å². The van der Waals surface area contributed by atoms with E-state index in [1.54, 1.807) is 6.33 Å². The van der Waals surface area contributed by atoms with Crippen molar-refractivity contribution in [2.75, 3.05) is 13.7 Å². The minimum absolute atomic E-state index is 0.0887. The molecule has 1 aliphatic heterocycles. The summed E-state index contributed by atoms with van der Waals surface area (Å²) in [5.74, 6) is 0.106. The quantitative estimate of drug-likeness (QED) is 0.679. The first-order valence-electron chi connectivity index (χ1n) is 10.1. The molecule has 1 fully saturated rings. The molecule has 1 aliphatic carbocycles.